The third-order valence-corrected chi connectivity index (χ3v) is 10.1. The maximum Gasteiger partial charge on any atom is 0.194 e. The molecule has 12 heteroatoms. The van der Waals surface area contributed by atoms with E-state index in [1.807, 2.05) is 25.1 Å². The average Bonchev–Trinajstić information content (AvgIpc) is 3.69. The van der Waals surface area contributed by atoms with Gasteiger partial charge >= 0.3 is 0 Å². The molecule has 0 radical (unpaired) electrons. The van der Waals surface area contributed by atoms with Gasteiger partial charge in [-0.15, -0.1) is 0 Å². The van der Waals surface area contributed by atoms with Gasteiger partial charge in [-0.1, -0.05) is 18.2 Å². The van der Waals surface area contributed by atoms with Crippen molar-refractivity contribution in [3.05, 3.63) is 100 Å². The predicted octanol–water partition coefficient (Wildman–Crippen LogP) is 5.30. The van der Waals surface area contributed by atoms with Gasteiger partial charge < -0.3 is 19.9 Å². The van der Waals surface area contributed by atoms with Gasteiger partial charge in [0.15, 0.2) is 27.2 Å². The second-order valence-electron chi connectivity index (χ2n) is 12.7. The van der Waals surface area contributed by atoms with Crippen molar-refractivity contribution in [1.82, 2.24) is 14.7 Å². The number of ketones is 1. The molecule has 0 amide bonds. The fraction of sp³-hybridized carbons (Fsp3) is 0.333. The standard InChI is InChI=1S/C36H37FN4O6S/c1-22-13-29(47-33-6-4-3-5-31(33)37)9-10-32(22)41-36(38)30(18-39-41)35(42)25-14-23-16-26(21-48(2,43)44)34(17-24(23)15-25)46-12-11-40-27-7-8-28(40)20-45-19-27/h3-6,9-10,13,15-18,27-28H,7-8,11-12,14,19-21,38H2,1-2H3/t27-,28+. The summed E-state index contributed by atoms with van der Waals surface area (Å²) in [6.07, 6.45) is 7.03. The van der Waals surface area contributed by atoms with Gasteiger partial charge in [0.25, 0.3) is 0 Å². The molecule has 0 spiro atoms. The molecule has 2 aliphatic heterocycles. The molecule has 0 unspecified atom stereocenters. The molecular weight excluding hydrogens is 635 g/mol. The molecule has 2 bridgehead atoms. The smallest absolute Gasteiger partial charge is 0.194 e. The van der Waals surface area contributed by atoms with Crippen LogP contribution in [0.25, 0.3) is 11.8 Å². The molecule has 2 saturated heterocycles. The van der Waals surface area contributed by atoms with Crippen LogP contribution in [0, 0.1) is 12.7 Å². The van der Waals surface area contributed by atoms with Crippen LogP contribution in [0.2, 0.25) is 0 Å². The van der Waals surface area contributed by atoms with Crippen LogP contribution < -0.4 is 15.2 Å². The number of halogens is 1. The lowest BCUT2D eigenvalue weighted by Crippen LogP contribution is -2.47. The number of sulfone groups is 1. The molecule has 3 aromatic carbocycles. The molecule has 10 nitrogen and oxygen atoms in total. The van der Waals surface area contributed by atoms with Gasteiger partial charge in [0.1, 0.15) is 23.9 Å². The summed E-state index contributed by atoms with van der Waals surface area (Å²) in [6.45, 7) is 4.47. The van der Waals surface area contributed by atoms with Crippen molar-refractivity contribution in [3.63, 3.8) is 0 Å². The average molecular weight is 673 g/mol. The lowest BCUT2D eigenvalue weighted by atomic mass is 10.0. The number of carbonyl (C=O) groups excluding carboxylic acids is 1. The minimum absolute atomic E-state index is 0.115. The van der Waals surface area contributed by atoms with Crippen LogP contribution in [0.4, 0.5) is 10.2 Å². The van der Waals surface area contributed by atoms with Crippen molar-refractivity contribution >= 4 is 27.5 Å². The fourth-order valence-corrected chi connectivity index (χ4v) is 7.71. The van der Waals surface area contributed by atoms with Crippen LogP contribution in [0.15, 0.2) is 66.4 Å². The maximum absolute atomic E-state index is 14.1. The van der Waals surface area contributed by atoms with Crippen molar-refractivity contribution in [2.24, 2.45) is 0 Å². The highest BCUT2D eigenvalue weighted by Gasteiger charge is 2.37. The molecule has 3 heterocycles. The Hall–Kier alpha value is -4.52. The number of ether oxygens (including phenoxy) is 3. The molecule has 1 aliphatic carbocycles. The number of hydrogen-bond donors (Lipinski definition) is 1. The lowest BCUT2D eigenvalue weighted by Gasteiger charge is -2.34. The SMILES string of the molecule is Cc1cc(Oc2ccccc2F)ccc1-n1ncc(C(=O)C2=Cc3cc(OCCN4[C@@H]5CC[C@H]4COC5)c(CS(C)(=O)=O)cc3C2)c1N. The summed E-state index contributed by atoms with van der Waals surface area (Å²) in [5.41, 5.74) is 10.9. The molecule has 250 valence electrons. The number of allylic oxidation sites excluding steroid dienone is 1. The number of anilines is 1. The van der Waals surface area contributed by atoms with E-state index in [0.29, 0.717) is 53.4 Å². The van der Waals surface area contributed by atoms with E-state index in [0.717, 1.165) is 49.3 Å². The quantitative estimate of drug-likeness (QED) is 0.211. The van der Waals surface area contributed by atoms with Gasteiger partial charge in [-0.05, 0) is 78.9 Å². The Morgan fingerprint density at radius 1 is 1.08 bits per heavy atom. The Morgan fingerprint density at radius 2 is 1.85 bits per heavy atom. The summed E-state index contributed by atoms with van der Waals surface area (Å²) in [6, 6.07) is 15.8. The molecule has 48 heavy (non-hydrogen) atoms. The van der Waals surface area contributed by atoms with Crippen molar-refractivity contribution in [2.45, 2.75) is 44.0 Å². The monoisotopic (exact) mass is 672 g/mol. The molecule has 4 aromatic rings. The van der Waals surface area contributed by atoms with Gasteiger partial charge in [-0.25, -0.2) is 17.5 Å². The number of hydrogen-bond acceptors (Lipinski definition) is 9. The van der Waals surface area contributed by atoms with Gasteiger partial charge in [0.05, 0.1) is 36.4 Å². The first-order chi connectivity index (χ1) is 23.0. The number of benzene rings is 3. The number of rotatable bonds is 11. The number of nitrogens with two attached hydrogens (primary N) is 1. The molecular formula is C36H37FN4O6S. The lowest BCUT2D eigenvalue weighted by molar-refractivity contribution is -0.0190. The van der Waals surface area contributed by atoms with Crippen molar-refractivity contribution in [2.75, 3.05) is 38.4 Å². The third kappa shape index (κ3) is 6.47. The third-order valence-electron chi connectivity index (χ3n) is 9.25. The molecule has 3 aliphatic rings. The summed E-state index contributed by atoms with van der Waals surface area (Å²) >= 11 is 0. The summed E-state index contributed by atoms with van der Waals surface area (Å²) in [4.78, 5) is 16.2. The van der Waals surface area contributed by atoms with Gasteiger partial charge in [-0.3, -0.25) is 9.69 Å². The molecule has 2 fully saturated rings. The van der Waals surface area contributed by atoms with Crippen molar-refractivity contribution < 1.29 is 31.8 Å². The van der Waals surface area contributed by atoms with Crippen LogP contribution in [0.5, 0.6) is 17.2 Å². The van der Waals surface area contributed by atoms with Crippen LogP contribution in [-0.4, -0.2) is 73.6 Å². The minimum Gasteiger partial charge on any atom is -0.492 e. The Morgan fingerprint density at radius 3 is 2.58 bits per heavy atom. The number of morpholine rings is 1. The van der Waals surface area contributed by atoms with E-state index in [2.05, 4.69) is 10.00 Å². The Labute approximate surface area is 278 Å². The molecule has 0 saturated carbocycles. The Balaban J connectivity index is 1.09. The van der Waals surface area contributed by atoms with Crippen LogP contribution >= 0.6 is 0 Å². The van der Waals surface area contributed by atoms with E-state index in [1.165, 1.54) is 23.2 Å². The van der Waals surface area contributed by atoms with Gasteiger partial charge in [0.2, 0.25) is 0 Å². The largest absolute Gasteiger partial charge is 0.492 e. The summed E-state index contributed by atoms with van der Waals surface area (Å²) in [5, 5.41) is 4.42. The first-order valence-corrected chi connectivity index (χ1v) is 18.0. The van der Waals surface area contributed by atoms with Crippen LogP contribution in [-0.2, 0) is 26.7 Å². The van der Waals surface area contributed by atoms with E-state index < -0.39 is 15.7 Å². The van der Waals surface area contributed by atoms with E-state index in [-0.39, 0.29) is 28.7 Å². The summed E-state index contributed by atoms with van der Waals surface area (Å²) in [7, 11) is -3.34. The van der Waals surface area contributed by atoms with Crippen molar-refractivity contribution in [3.8, 4) is 22.9 Å². The van der Waals surface area contributed by atoms with Crippen molar-refractivity contribution in [1.29, 1.82) is 0 Å². The highest BCUT2D eigenvalue weighted by Crippen LogP contribution is 2.36. The van der Waals surface area contributed by atoms with E-state index in [1.54, 1.807) is 36.4 Å². The van der Waals surface area contributed by atoms with Gasteiger partial charge in [0, 0.05) is 42.4 Å². The van der Waals surface area contributed by atoms with Gasteiger partial charge in [-0.2, -0.15) is 5.10 Å². The number of aryl methyl sites for hydroxylation is 1. The zero-order valence-electron chi connectivity index (χ0n) is 26.8. The topological polar surface area (TPSA) is 126 Å². The zero-order valence-corrected chi connectivity index (χ0v) is 27.6. The molecule has 2 N–H and O–H groups in total. The number of nitrogens with zero attached hydrogens (tertiary/aromatic N) is 3. The maximum atomic E-state index is 14.1. The normalized spacial score (nSPS) is 18.9. The number of fused-ring (bicyclic) bond motifs is 3. The first kappa shape index (κ1) is 32.0. The van der Waals surface area contributed by atoms with Crippen LogP contribution in [0.3, 0.4) is 0 Å². The molecule has 7 rings (SSSR count). The highest BCUT2D eigenvalue weighted by atomic mass is 32.2. The van der Waals surface area contributed by atoms with Crippen LogP contribution in [0.1, 0.15) is 45.5 Å². The van der Waals surface area contributed by atoms with E-state index in [9.17, 15) is 17.6 Å². The van der Waals surface area contributed by atoms with E-state index >= 15 is 0 Å². The predicted molar refractivity (Wildman–Crippen MR) is 180 cm³/mol. The minimum atomic E-state index is -3.34. The summed E-state index contributed by atoms with van der Waals surface area (Å²) < 4.78 is 57.9. The second kappa shape index (κ2) is 12.8. The zero-order chi connectivity index (χ0) is 33.6. The number of Topliss-reactive ketones (excluding diaryl/α,β-unsaturated/α-hetero) is 1. The second-order valence-corrected chi connectivity index (χ2v) is 14.9. The number of nitrogen functional groups attached to an aromatic ring is 1. The number of aromatic nitrogens is 2. The highest BCUT2D eigenvalue weighted by molar-refractivity contribution is 7.89. The Bertz CT molecular complexity index is 2030. The summed E-state index contributed by atoms with van der Waals surface area (Å²) in [5.74, 6) is 0.365. The number of carbonyl (C=O) groups is 1. The molecule has 1 aromatic heterocycles. The first-order valence-electron chi connectivity index (χ1n) is 16.0. The van der Waals surface area contributed by atoms with E-state index in [4.69, 9.17) is 19.9 Å². The number of para-hydroxylation sites is 1. The molecule has 2 atom stereocenters. The fourth-order valence-electron chi connectivity index (χ4n) is 6.92. The Kier molecular flexibility index (Phi) is 8.57.